The minimum Gasteiger partial charge on any atom is -0.370 e. The van der Waals surface area contributed by atoms with E-state index in [9.17, 15) is 0 Å². The highest BCUT2D eigenvalue weighted by Gasteiger charge is 2.06. The fourth-order valence-electron chi connectivity index (χ4n) is 0.595. The first kappa shape index (κ1) is 9.19. The highest BCUT2D eigenvalue weighted by Crippen LogP contribution is 1.87. The van der Waals surface area contributed by atoms with Gasteiger partial charge in [0.1, 0.15) is 0 Å². The zero-order chi connectivity index (χ0) is 8.15. The van der Waals surface area contributed by atoms with E-state index in [0.717, 1.165) is 0 Å². The van der Waals surface area contributed by atoms with Crippen LogP contribution in [0.3, 0.4) is 0 Å². The van der Waals surface area contributed by atoms with Crippen molar-refractivity contribution < 1.29 is 10.2 Å². The minimum absolute atomic E-state index is 0.00810. The van der Waals surface area contributed by atoms with E-state index in [-0.39, 0.29) is 12.5 Å². The molecule has 0 aromatic heterocycles. The molecule has 0 aliphatic rings. The molecule has 0 radical (unpaired) electrons. The summed E-state index contributed by atoms with van der Waals surface area (Å²) in [7, 11) is 0. The van der Waals surface area contributed by atoms with Gasteiger partial charge in [-0.3, -0.25) is 5.41 Å². The van der Waals surface area contributed by atoms with E-state index in [1.165, 1.54) is 4.90 Å². The Morgan fingerprint density at radius 1 is 1.70 bits per heavy atom. The standard InChI is InChI=1S/C5H13N3O2/c1-2-8(5(6)7)3-4(9)10/h4,9-10H,2-3H2,1H3,(H3,6,7). The van der Waals surface area contributed by atoms with E-state index in [2.05, 4.69) is 0 Å². The van der Waals surface area contributed by atoms with Crippen molar-refractivity contribution in [1.29, 1.82) is 5.41 Å². The third-order valence-corrected chi connectivity index (χ3v) is 1.11. The number of hydrogen-bond acceptors (Lipinski definition) is 3. The summed E-state index contributed by atoms with van der Waals surface area (Å²) in [6.45, 7) is 2.28. The number of aliphatic hydroxyl groups is 2. The van der Waals surface area contributed by atoms with Crippen LogP contribution in [0.25, 0.3) is 0 Å². The molecule has 0 spiro atoms. The monoisotopic (exact) mass is 147 g/mol. The molecule has 0 fully saturated rings. The molecule has 0 aromatic carbocycles. The lowest BCUT2D eigenvalue weighted by molar-refractivity contribution is -0.0509. The largest absolute Gasteiger partial charge is 0.370 e. The Hall–Kier alpha value is -0.810. The van der Waals surface area contributed by atoms with Crippen molar-refractivity contribution in [3.8, 4) is 0 Å². The zero-order valence-electron chi connectivity index (χ0n) is 5.91. The average molecular weight is 147 g/mol. The number of nitrogens with zero attached hydrogens (tertiary/aromatic N) is 1. The third-order valence-electron chi connectivity index (χ3n) is 1.11. The lowest BCUT2D eigenvalue weighted by atomic mass is 10.5. The van der Waals surface area contributed by atoms with Crippen LogP contribution < -0.4 is 5.73 Å². The second-order valence-corrected chi connectivity index (χ2v) is 1.90. The van der Waals surface area contributed by atoms with Gasteiger partial charge in [0.25, 0.3) is 0 Å². The van der Waals surface area contributed by atoms with Crippen LogP contribution in [0.5, 0.6) is 0 Å². The molecule has 0 aliphatic heterocycles. The van der Waals surface area contributed by atoms with Crippen LogP contribution in [0.4, 0.5) is 0 Å². The number of rotatable bonds is 3. The molecule has 0 atom stereocenters. The summed E-state index contributed by atoms with van der Waals surface area (Å²) in [4.78, 5) is 1.35. The van der Waals surface area contributed by atoms with Crippen molar-refractivity contribution in [1.82, 2.24) is 4.90 Å². The van der Waals surface area contributed by atoms with Gasteiger partial charge in [-0.25, -0.2) is 0 Å². The molecule has 10 heavy (non-hydrogen) atoms. The van der Waals surface area contributed by atoms with E-state index in [4.69, 9.17) is 21.4 Å². The van der Waals surface area contributed by atoms with Gasteiger partial charge in [0.05, 0.1) is 6.54 Å². The molecular weight excluding hydrogens is 134 g/mol. The van der Waals surface area contributed by atoms with E-state index in [1.807, 2.05) is 0 Å². The lowest BCUT2D eigenvalue weighted by Gasteiger charge is -2.20. The van der Waals surface area contributed by atoms with Gasteiger partial charge < -0.3 is 20.8 Å². The summed E-state index contributed by atoms with van der Waals surface area (Å²) in [5.41, 5.74) is 5.08. The van der Waals surface area contributed by atoms with Gasteiger partial charge in [-0.2, -0.15) is 0 Å². The number of nitrogens with two attached hydrogens (primary N) is 1. The van der Waals surface area contributed by atoms with E-state index < -0.39 is 6.29 Å². The fraction of sp³-hybridized carbons (Fsp3) is 0.800. The molecule has 0 aromatic rings. The predicted octanol–water partition coefficient (Wildman–Crippen LogP) is -1.49. The quantitative estimate of drug-likeness (QED) is 0.222. The van der Waals surface area contributed by atoms with Gasteiger partial charge in [-0.05, 0) is 6.92 Å². The maximum Gasteiger partial charge on any atom is 0.188 e. The second kappa shape index (κ2) is 4.08. The number of nitrogens with one attached hydrogen (secondary N) is 1. The molecule has 0 amide bonds. The molecular formula is C5H13N3O2. The SMILES string of the molecule is CCN(CC(O)O)C(=N)N. The highest BCUT2D eigenvalue weighted by molar-refractivity contribution is 5.74. The van der Waals surface area contributed by atoms with Gasteiger partial charge in [0.2, 0.25) is 0 Å². The van der Waals surface area contributed by atoms with E-state index in [1.54, 1.807) is 6.92 Å². The van der Waals surface area contributed by atoms with Gasteiger partial charge >= 0.3 is 0 Å². The number of guanidine groups is 1. The molecule has 0 rings (SSSR count). The molecule has 0 heterocycles. The Balaban J connectivity index is 3.72. The topological polar surface area (TPSA) is 93.6 Å². The molecule has 60 valence electrons. The normalized spacial score (nSPS) is 10.0. The van der Waals surface area contributed by atoms with Crippen molar-refractivity contribution in [3.63, 3.8) is 0 Å². The fourth-order valence-corrected chi connectivity index (χ4v) is 0.595. The number of aliphatic hydroxyl groups excluding tert-OH is 1. The predicted molar refractivity (Wildman–Crippen MR) is 37.4 cm³/mol. The van der Waals surface area contributed by atoms with Gasteiger partial charge in [-0.1, -0.05) is 0 Å². The van der Waals surface area contributed by atoms with Crippen LogP contribution in [0, 0.1) is 5.41 Å². The number of hydrogen-bond donors (Lipinski definition) is 4. The molecule has 0 aliphatic carbocycles. The van der Waals surface area contributed by atoms with Crippen molar-refractivity contribution >= 4 is 5.96 Å². The van der Waals surface area contributed by atoms with Crippen molar-refractivity contribution in [3.05, 3.63) is 0 Å². The summed E-state index contributed by atoms with van der Waals surface area (Å²) in [5, 5.41) is 23.9. The summed E-state index contributed by atoms with van der Waals surface area (Å²) >= 11 is 0. The Bertz CT molecular complexity index is 115. The maximum absolute atomic E-state index is 8.46. The van der Waals surface area contributed by atoms with Gasteiger partial charge in [0.15, 0.2) is 12.2 Å². The van der Waals surface area contributed by atoms with Crippen LogP contribution in [0.15, 0.2) is 0 Å². The van der Waals surface area contributed by atoms with E-state index >= 15 is 0 Å². The Morgan fingerprint density at radius 3 is 2.30 bits per heavy atom. The first-order valence-corrected chi connectivity index (χ1v) is 3.03. The van der Waals surface area contributed by atoms with E-state index in [0.29, 0.717) is 6.54 Å². The van der Waals surface area contributed by atoms with Crippen molar-refractivity contribution in [2.75, 3.05) is 13.1 Å². The smallest absolute Gasteiger partial charge is 0.188 e. The Morgan fingerprint density at radius 2 is 2.20 bits per heavy atom. The first-order valence-electron chi connectivity index (χ1n) is 3.03. The van der Waals surface area contributed by atoms with Crippen LogP contribution in [0.1, 0.15) is 6.92 Å². The number of likely N-dealkylation sites (N-methyl/N-ethyl adjacent to an activating group) is 1. The lowest BCUT2D eigenvalue weighted by Crippen LogP contribution is -2.41. The van der Waals surface area contributed by atoms with Crippen molar-refractivity contribution in [2.24, 2.45) is 5.73 Å². The summed E-state index contributed by atoms with van der Waals surface area (Å²) in [6.07, 6.45) is -1.43. The van der Waals surface area contributed by atoms with Crippen LogP contribution >= 0.6 is 0 Å². The summed E-state index contributed by atoms with van der Waals surface area (Å²) in [6, 6.07) is 0. The van der Waals surface area contributed by atoms with Gasteiger partial charge in [0, 0.05) is 6.54 Å². The molecule has 0 saturated carbocycles. The average Bonchev–Trinajstić information content (AvgIpc) is 1.81. The third kappa shape index (κ3) is 3.26. The molecule has 5 nitrogen and oxygen atoms in total. The maximum atomic E-state index is 8.46. The Kier molecular flexibility index (Phi) is 3.75. The summed E-state index contributed by atoms with van der Waals surface area (Å²) in [5.74, 6) is -0.143. The zero-order valence-corrected chi connectivity index (χ0v) is 5.91. The van der Waals surface area contributed by atoms with Crippen LogP contribution in [0.2, 0.25) is 0 Å². The molecule has 5 N–H and O–H groups in total. The molecule has 0 saturated heterocycles. The first-order chi connectivity index (χ1) is 4.57. The second-order valence-electron chi connectivity index (χ2n) is 1.90. The minimum atomic E-state index is -1.43. The highest BCUT2D eigenvalue weighted by atomic mass is 16.5. The van der Waals surface area contributed by atoms with Crippen LogP contribution in [-0.2, 0) is 0 Å². The van der Waals surface area contributed by atoms with Crippen LogP contribution in [-0.4, -0.2) is 40.5 Å². The van der Waals surface area contributed by atoms with Gasteiger partial charge in [-0.15, -0.1) is 0 Å². The molecule has 0 unspecified atom stereocenters. The Labute approximate surface area is 59.6 Å². The van der Waals surface area contributed by atoms with Crippen molar-refractivity contribution in [2.45, 2.75) is 13.2 Å². The molecule has 5 heteroatoms. The summed E-state index contributed by atoms with van der Waals surface area (Å²) < 4.78 is 0. The molecule has 0 bridgehead atoms.